The highest BCUT2D eigenvalue weighted by Gasteiger charge is 2.12. The SMILES string of the molecule is COCCn1c(-c2cccs2)ccc(CCC(=O)O)c1=O. The normalized spacial score (nSPS) is 10.7. The summed E-state index contributed by atoms with van der Waals surface area (Å²) in [5, 5.41) is 10.7. The molecule has 0 aromatic carbocycles. The van der Waals surface area contributed by atoms with Crippen molar-refractivity contribution in [3.05, 3.63) is 45.6 Å². The third kappa shape index (κ3) is 3.80. The Kier molecular flexibility index (Phi) is 5.30. The largest absolute Gasteiger partial charge is 0.481 e. The molecule has 2 rings (SSSR count). The highest BCUT2D eigenvalue weighted by molar-refractivity contribution is 7.13. The maximum absolute atomic E-state index is 12.5. The number of rotatable bonds is 7. The van der Waals surface area contributed by atoms with Crippen molar-refractivity contribution in [2.75, 3.05) is 13.7 Å². The number of ether oxygens (including phenoxy) is 1. The number of aliphatic carboxylic acids is 1. The predicted octanol–water partition coefficient (Wildman–Crippen LogP) is 2.24. The van der Waals surface area contributed by atoms with E-state index in [0.717, 1.165) is 10.6 Å². The van der Waals surface area contributed by atoms with Gasteiger partial charge in [-0.05, 0) is 23.9 Å². The number of pyridine rings is 1. The van der Waals surface area contributed by atoms with Crippen molar-refractivity contribution in [1.29, 1.82) is 0 Å². The number of hydrogen-bond acceptors (Lipinski definition) is 4. The number of aromatic nitrogens is 1. The molecule has 0 bridgehead atoms. The number of hydrogen-bond donors (Lipinski definition) is 1. The smallest absolute Gasteiger partial charge is 0.303 e. The fraction of sp³-hybridized carbons (Fsp3) is 0.333. The van der Waals surface area contributed by atoms with E-state index in [-0.39, 0.29) is 18.4 Å². The van der Waals surface area contributed by atoms with Crippen LogP contribution in [-0.2, 0) is 22.5 Å². The van der Waals surface area contributed by atoms with E-state index in [9.17, 15) is 9.59 Å². The lowest BCUT2D eigenvalue weighted by molar-refractivity contribution is -0.136. The molecule has 6 heteroatoms. The Labute approximate surface area is 126 Å². The second-order valence-corrected chi connectivity index (χ2v) is 5.51. The minimum Gasteiger partial charge on any atom is -0.481 e. The number of carboxylic acid groups (broad SMARTS) is 1. The molecule has 2 heterocycles. The summed E-state index contributed by atoms with van der Waals surface area (Å²) in [5.41, 5.74) is 1.22. The van der Waals surface area contributed by atoms with E-state index in [0.29, 0.717) is 18.7 Å². The van der Waals surface area contributed by atoms with Crippen LogP contribution >= 0.6 is 11.3 Å². The molecule has 2 aromatic heterocycles. The van der Waals surface area contributed by atoms with E-state index in [4.69, 9.17) is 9.84 Å². The number of carboxylic acids is 1. The monoisotopic (exact) mass is 307 g/mol. The summed E-state index contributed by atoms with van der Waals surface area (Å²) in [5.74, 6) is -0.903. The van der Waals surface area contributed by atoms with Crippen molar-refractivity contribution in [3.63, 3.8) is 0 Å². The van der Waals surface area contributed by atoms with Gasteiger partial charge in [-0.25, -0.2) is 0 Å². The summed E-state index contributed by atoms with van der Waals surface area (Å²) in [4.78, 5) is 24.2. The van der Waals surface area contributed by atoms with Crippen LogP contribution in [0, 0.1) is 0 Å². The molecule has 112 valence electrons. The Morgan fingerprint density at radius 2 is 2.19 bits per heavy atom. The van der Waals surface area contributed by atoms with E-state index in [1.165, 1.54) is 0 Å². The van der Waals surface area contributed by atoms with Crippen LogP contribution < -0.4 is 5.56 Å². The molecule has 0 aliphatic heterocycles. The summed E-state index contributed by atoms with van der Waals surface area (Å²) in [6.07, 6.45) is 0.198. The molecule has 0 radical (unpaired) electrons. The number of carbonyl (C=O) groups is 1. The Hall–Kier alpha value is -1.92. The molecular weight excluding hydrogens is 290 g/mol. The van der Waals surface area contributed by atoms with Crippen LogP contribution in [-0.4, -0.2) is 29.4 Å². The lowest BCUT2D eigenvalue weighted by Gasteiger charge is -2.13. The maximum atomic E-state index is 12.5. The maximum Gasteiger partial charge on any atom is 0.303 e. The minimum atomic E-state index is -0.903. The van der Waals surface area contributed by atoms with Gasteiger partial charge in [0.15, 0.2) is 0 Å². The number of thiophene rings is 1. The average molecular weight is 307 g/mol. The zero-order chi connectivity index (χ0) is 15.2. The fourth-order valence-corrected chi connectivity index (χ4v) is 2.86. The molecule has 0 unspecified atom stereocenters. The van der Waals surface area contributed by atoms with Crippen molar-refractivity contribution >= 4 is 17.3 Å². The number of aryl methyl sites for hydroxylation is 1. The van der Waals surface area contributed by atoms with Gasteiger partial charge in [0.25, 0.3) is 5.56 Å². The third-order valence-electron chi connectivity index (χ3n) is 3.15. The Morgan fingerprint density at radius 3 is 2.81 bits per heavy atom. The first kappa shape index (κ1) is 15.5. The first-order valence-electron chi connectivity index (χ1n) is 6.61. The molecule has 5 nitrogen and oxygen atoms in total. The molecule has 0 amide bonds. The van der Waals surface area contributed by atoms with Gasteiger partial charge in [-0.15, -0.1) is 11.3 Å². The second-order valence-electron chi connectivity index (χ2n) is 4.56. The summed E-state index contributed by atoms with van der Waals surface area (Å²) >= 11 is 1.56. The van der Waals surface area contributed by atoms with Gasteiger partial charge in [0.05, 0.1) is 17.2 Å². The van der Waals surface area contributed by atoms with E-state index in [1.54, 1.807) is 29.1 Å². The van der Waals surface area contributed by atoms with Crippen molar-refractivity contribution in [3.8, 4) is 10.6 Å². The lowest BCUT2D eigenvalue weighted by atomic mass is 10.1. The minimum absolute atomic E-state index is 0.0438. The zero-order valence-electron chi connectivity index (χ0n) is 11.7. The third-order valence-corrected chi connectivity index (χ3v) is 4.05. The lowest BCUT2D eigenvalue weighted by Crippen LogP contribution is -2.27. The Morgan fingerprint density at radius 1 is 1.38 bits per heavy atom. The van der Waals surface area contributed by atoms with Gasteiger partial charge >= 0.3 is 5.97 Å². The standard InChI is InChI=1S/C15H17NO4S/c1-20-9-8-16-12(13-3-2-10-21-13)6-4-11(15(16)19)5-7-14(17)18/h2-4,6,10H,5,7-9H2,1H3,(H,17,18). The van der Waals surface area contributed by atoms with E-state index >= 15 is 0 Å². The molecular formula is C15H17NO4S. The number of methoxy groups -OCH3 is 1. The van der Waals surface area contributed by atoms with Gasteiger partial charge in [-0.3, -0.25) is 9.59 Å². The molecule has 1 N–H and O–H groups in total. The summed E-state index contributed by atoms with van der Waals surface area (Å²) in [6, 6.07) is 7.49. The highest BCUT2D eigenvalue weighted by Crippen LogP contribution is 2.23. The van der Waals surface area contributed by atoms with Crippen molar-refractivity contribution in [2.24, 2.45) is 0 Å². The molecule has 2 aromatic rings. The topological polar surface area (TPSA) is 68.5 Å². The first-order valence-corrected chi connectivity index (χ1v) is 7.48. The van der Waals surface area contributed by atoms with Crippen LogP contribution in [0.25, 0.3) is 10.6 Å². The second kappa shape index (κ2) is 7.19. The quantitative estimate of drug-likeness (QED) is 0.852. The Bertz CT molecular complexity index is 661. The van der Waals surface area contributed by atoms with E-state index in [1.807, 2.05) is 23.6 Å². The fourth-order valence-electron chi connectivity index (χ4n) is 2.10. The highest BCUT2D eigenvalue weighted by atomic mass is 32.1. The summed E-state index contributed by atoms with van der Waals surface area (Å²) in [7, 11) is 1.59. The number of nitrogens with zero attached hydrogens (tertiary/aromatic N) is 1. The van der Waals surface area contributed by atoms with Crippen LogP contribution in [0.1, 0.15) is 12.0 Å². The van der Waals surface area contributed by atoms with Gasteiger partial charge in [-0.1, -0.05) is 12.1 Å². The molecule has 0 aliphatic rings. The van der Waals surface area contributed by atoms with Crippen LogP contribution in [0.3, 0.4) is 0 Å². The van der Waals surface area contributed by atoms with Crippen LogP contribution in [0.2, 0.25) is 0 Å². The molecule has 0 fully saturated rings. The van der Waals surface area contributed by atoms with Gasteiger partial charge in [-0.2, -0.15) is 0 Å². The van der Waals surface area contributed by atoms with Crippen molar-refractivity contribution < 1.29 is 14.6 Å². The molecule has 0 aliphatic carbocycles. The van der Waals surface area contributed by atoms with Gasteiger partial charge < -0.3 is 14.4 Å². The molecule has 21 heavy (non-hydrogen) atoms. The molecule has 0 atom stereocenters. The van der Waals surface area contributed by atoms with Gasteiger partial charge in [0, 0.05) is 25.6 Å². The molecule has 0 saturated heterocycles. The first-order chi connectivity index (χ1) is 10.1. The Balaban J connectivity index is 2.40. The van der Waals surface area contributed by atoms with Gasteiger partial charge in [0.2, 0.25) is 0 Å². The van der Waals surface area contributed by atoms with E-state index < -0.39 is 5.97 Å². The van der Waals surface area contributed by atoms with Crippen molar-refractivity contribution in [2.45, 2.75) is 19.4 Å². The van der Waals surface area contributed by atoms with Gasteiger partial charge in [0.1, 0.15) is 0 Å². The summed E-state index contributed by atoms with van der Waals surface area (Å²) in [6.45, 7) is 0.879. The van der Waals surface area contributed by atoms with Crippen LogP contribution in [0.5, 0.6) is 0 Å². The molecule has 0 saturated carbocycles. The summed E-state index contributed by atoms with van der Waals surface area (Å²) < 4.78 is 6.72. The van der Waals surface area contributed by atoms with Crippen LogP contribution in [0.4, 0.5) is 0 Å². The van der Waals surface area contributed by atoms with Crippen molar-refractivity contribution in [1.82, 2.24) is 4.57 Å². The van der Waals surface area contributed by atoms with Crippen LogP contribution in [0.15, 0.2) is 34.4 Å². The molecule has 0 spiro atoms. The zero-order valence-corrected chi connectivity index (χ0v) is 12.6. The van der Waals surface area contributed by atoms with E-state index in [2.05, 4.69) is 0 Å². The average Bonchev–Trinajstić information content (AvgIpc) is 2.98. The predicted molar refractivity (Wildman–Crippen MR) is 81.8 cm³/mol.